The highest BCUT2D eigenvalue weighted by Gasteiger charge is 2.23. The zero-order valence-electron chi connectivity index (χ0n) is 16.2. The van der Waals surface area contributed by atoms with E-state index in [0.29, 0.717) is 19.6 Å². The molecule has 0 radical (unpaired) electrons. The summed E-state index contributed by atoms with van der Waals surface area (Å²) < 4.78 is 5.81. The molecule has 0 aromatic heterocycles. The van der Waals surface area contributed by atoms with E-state index in [1.807, 2.05) is 12.1 Å². The molecule has 2 unspecified atom stereocenters. The summed E-state index contributed by atoms with van der Waals surface area (Å²) >= 11 is 0. The van der Waals surface area contributed by atoms with Gasteiger partial charge in [-0.2, -0.15) is 0 Å². The molecule has 2 saturated heterocycles. The van der Waals surface area contributed by atoms with Gasteiger partial charge in [0.25, 0.3) is 0 Å². The molecule has 0 saturated carbocycles. The summed E-state index contributed by atoms with van der Waals surface area (Å²) in [5, 5.41) is 5.98. The first-order valence-electron chi connectivity index (χ1n) is 9.71. The maximum atomic E-state index is 12.3. The molecule has 1 aromatic rings. The molecular weight excluding hydrogens is 344 g/mol. The number of ether oxygens (including phenoxy) is 1. The Kier molecular flexibility index (Phi) is 6.82. The fraction of sp³-hybridized carbons (Fsp3) is 0.600. The molecule has 2 aliphatic rings. The zero-order chi connectivity index (χ0) is 19.2. The number of hydrogen-bond acceptors (Lipinski definition) is 5. The van der Waals surface area contributed by atoms with Crippen molar-refractivity contribution in [2.45, 2.75) is 39.1 Å². The van der Waals surface area contributed by atoms with E-state index in [1.165, 1.54) is 5.56 Å². The number of hydrogen-bond donors (Lipinski definition) is 2. The molecule has 27 heavy (non-hydrogen) atoms. The van der Waals surface area contributed by atoms with Gasteiger partial charge < -0.3 is 20.3 Å². The second-order valence-corrected chi connectivity index (χ2v) is 7.49. The predicted octanol–water partition coefficient (Wildman–Crippen LogP) is 0.344. The molecule has 1 aromatic carbocycles. The summed E-state index contributed by atoms with van der Waals surface area (Å²) in [5.74, 6) is -0.138. The van der Waals surface area contributed by atoms with Crippen LogP contribution in [-0.4, -0.2) is 73.1 Å². The molecular formula is C20H30N4O3. The van der Waals surface area contributed by atoms with Crippen molar-refractivity contribution < 1.29 is 14.3 Å². The van der Waals surface area contributed by atoms with Crippen LogP contribution in [0, 0.1) is 0 Å². The number of piperazine rings is 1. The second-order valence-electron chi connectivity index (χ2n) is 7.49. The van der Waals surface area contributed by atoms with Crippen molar-refractivity contribution in [3.8, 4) is 0 Å². The number of carbonyl (C=O) groups excluding carboxylic acids is 2. The predicted molar refractivity (Wildman–Crippen MR) is 103 cm³/mol. The van der Waals surface area contributed by atoms with E-state index in [1.54, 1.807) is 4.90 Å². The van der Waals surface area contributed by atoms with Gasteiger partial charge >= 0.3 is 0 Å². The fourth-order valence-corrected chi connectivity index (χ4v) is 3.77. The number of nitrogens with one attached hydrogen (secondary N) is 2. The van der Waals surface area contributed by atoms with Crippen molar-refractivity contribution in [3.05, 3.63) is 35.4 Å². The molecule has 2 atom stereocenters. The van der Waals surface area contributed by atoms with Gasteiger partial charge in [-0.15, -0.1) is 0 Å². The van der Waals surface area contributed by atoms with Crippen LogP contribution in [0.4, 0.5) is 0 Å². The molecule has 2 heterocycles. The molecule has 0 aliphatic carbocycles. The Morgan fingerprint density at radius 1 is 1.22 bits per heavy atom. The van der Waals surface area contributed by atoms with Gasteiger partial charge in [0.2, 0.25) is 11.8 Å². The first kappa shape index (κ1) is 19.8. The van der Waals surface area contributed by atoms with Crippen molar-refractivity contribution in [3.63, 3.8) is 0 Å². The van der Waals surface area contributed by atoms with E-state index in [-0.39, 0.29) is 30.6 Å². The van der Waals surface area contributed by atoms with Gasteiger partial charge in [0, 0.05) is 39.3 Å². The van der Waals surface area contributed by atoms with Gasteiger partial charge in [-0.1, -0.05) is 24.3 Å². The summed E-state index contributed by atoms with van der Waals surface area (Å²) in [6, 6.07) is 8.20. The molecule has 0 bridgehead atoms. The normalized spacial score (nSPS) is 24.1. The maximum Gasteiger partial charge on any atom is 0.239 e. The van der Waals surface area contributed by atoms with Crippen LogP contribution in [0.3, 0.4) is 0 Å². The molecule has 2 amide bonds. The van der Waals surface area contributed by atoms with Crippen LogP contribution >= 0.6 is 0 Å². The van der Waals surface area contributed by atoms with Crippen LogP contribution in [-0.2, 0) is 27.4 Å². The third-order valence-corrected chi connectivity index (χ3v) is 5.01. The van der Waals surface area contributed by atoms with Crippen LogP contribution in [0.5, 0.6) is 0 Å². The summed E-state index contributed by atoms with van der Waals surface area (Å²) in [4.78, 5) is 28.1. The van der Waals surface area contributed by atoms with Crippen LogP contribution in [0.2, 0.25) is 0 Å². The summed E-state index contributed by atoms with van der Waals surface area (Å²) in [6.45, 7) is 9.11. The van der Waals surface area contributed by atoms with E-state index in [4.69, 9.17) is 4.74 Å². The molecule has 3 rings (SSSR count). The van der Waals surface area contributed by atoms with Crippen LogP contribution in [0.25, 0.3) is 0 Å². The fourth-order valence-electron chi connectivity index (χ4n) is 3.77. The zero-order valence-corrected chi connectivity index (χ0v) is 16.2. The average Bonchev–Trinajstić information content (AvgIpc) is 2.62. The number of morpholine rings is 1. The summed E-state index contributed by atoms with van der Waals surface area (Å²) in [7, 11) is 0. The minimum atomic E-state index is -0.117. The lowest BCUT2D eigenvalue weighted by atomic mass is 10.1. The molecule has 7 heteroatoms. The highest BCUT2D eigenvalue weighted by atomic mass is 16.5. The Morgan fingerprint density at radius 3 is 2.63 bits per heavy atom. The molecule has 7 nitrogen and oxygen atoms in total. The number of carbonyl (C=O) groups is 2. The highest BCUT2D eigenvalue weighted by Crippen LogP contribution is 2.17. The molecule has 2 aliphatic heterocycles. The molecule has 2 fully saturated rings. The number of nitrogens with zero attached hydrogens (tertiary/aromatic N) is 2. The second kappa shape index (κ2) is 9.30. The SMILES string of the molecule is CC1CN(Cc2ccccc2CNC(=O)CN2CCNCC2=O)CC(C)O1. The molecule has 2 N–H and O–H groups in total. The maximum absolute atomic E-state index is 12.3. The minimum Gasteiger partial charge on any atom is -0.373 e. The molecule has 0 spiro atoms. The minimum absolute atomic E-state index is 0.0210. The topological polar surface area (TPSA) is 73.9 Å². The Labute approximate surface area is 161 Å². The van der Waals surface area contributed by atoms with Crippen molar-refractivity contribution in [1.82, 2.24) is 20.4 Å². The van der Waals surface area contributed by atoms with Gasteiger partial charge in [-0.25, -0.2) is 0 Å². The van der Waals surface area contributed by atoms with E-state index in [0.717, 1.165) is 31.7 Å². The smallest absolute Gasteiger partial charge is 0.239 e. The van der Waals surface area contributed by atoms with Crippen molar-refractivity contribution >= 4 is 11.8 Å². The Hall–Kier alpha value is -1.96. The summed E-state index contributed by atoms with van der Waals surface area (Å²) in [6.07, 6.45) is 0.467. The van der Waals surface area contributed by atoms with Crippen molar-refractivity contribution in [1.29, 1.82) is 0 Å². The highest BCUT2D eigenvalue weighted by molar-refractivity contribution is 5.86. The molecule has 148 valence electrons. The number of amides is 2. The Balaban J connectivity index is 1.54. The average molecular weight is 374 g/mol. The van der Waals surface area contributed by atoms with E-state index >= 15 is 0 Å². The summed E-state index contributed by atoms with van der Waals surface area (Å²) in [5.41, 5.74) is 2.33. The van der Waals surface area contributed by atoms with Gasteiger partial charge in [0.15, 0.2) is 0 Å². The van der Waals surface area contributed by atoms with Gasteiger partial charge in [0.05, 0.1) is 25.3 Å². The van der Waals surface area contributed by atoms with Gasteiger partial charge in [-0.3, -0.25) is 14.5 Å². The van der Waals surface area contributed by atoms with Crippen molar-refractivity contribution in [2.75, 3.05) is 39.3 Å². The third kappa shape index (κ3) is 5.76. The Morgan fingerprint density at radius 2 is 1.93 bits per heavy atom. The number of rotatable bonds is 6. The first-order valence-corrected chi connectivity index (χ1v) is 9.71. The quantitative estimate of drug-likeness (QED) is 0.751. The Bertz CT molecular complexity index is 656. The van der Waals surface area contributed by atoms with Crippen LogP contribution in [0.15, 0.2) is 24.3 Å². The van der Waals surface area contributed by atoms with Gasteiger partial charge in [0.1, 0.15) is 0 Å². The van der Waals surface area contributed by atoms with Crippen molar-refractivity contribution in [2.24, 2.45) is 0 Å². The lowest BCUT2D eigenvalue weighted by Gasteiger charge is -2.35. The van der Waals surface area contributed by atoms with Crippen LogP contribution < -0.4 is 10.6 Å². The van der Waals surface area contributed by atoms with E-state index < -0.39 is 0 Å². The first-order chi connectivity index (χ1) is 13.0. The largest absolute Gasteiger partial charge is 0.373 e. The number of benzene rings is 1. The van der Waals surface area contributed by atoms with E-state index in [2.05, 4.69) is 41.5 Å². The third-order valence-electron chi connectivity index (χ3n) is 5.01. The standard InChI is InChI=1S/C20H30N4O3/c1-15-11-23(12-16(2)27-15)13-18-6-4-3-5-17(18)9-22-19(25)14-24-8-7-21-10-20(24)26/h3-6,15-16,21H,7-14H2,1-2H3,(H,22,25). The monoisotopic (exact) mass is 374 g/mol. The van der Waals surface area contributed by atoms with Crippen LogP contribution in [0.1, 0.15) is 25.0 Å². The lowest BCUT2D eigenvalue weighted by molar-refractivity contribution is -0.136. The lowest BCUT2D eigenvalue weighted by Crippen LogP contribution is -2.51. The van der Waals surface area contributed by atoms with Gasteiger partial charge in [-0.05, 0) is 25.0 Å². The van der Waals surface area contributed by atoms with E-state index in [9.17, 15) is 9.59 Å².